The molecule has 0 amide bonds. The zero-order valence-electron chi connectivity index (χ0n) is 6.21. The predicted octanol–water partition coefficient (Wildman–Crippen LogP) is 1.13. The zero-order chi connectivity index (χ0) is 9.59. The summed E-state index contributed by atoms with van der Waals surface area (Å²) in [6.45, 7) is 0. The van der Waals surface area contributed by atoms with Gasteiger partial charge in [0.2, 0.25) is 0 Å². The number of hydrogen-bond donors (Lipinski definition) is 2. The smallest absolute Gasteiger partial charge is 0.177 e. The van der Waals surface area contributed by atoms with Gasteiger partial charge in [-0.3, -0.25) is 0 Å². The van der Waals surface area contributed by atoms with Crippen LogP contribution in [0.1, 0.15) is 0 Å². The van der Waals surface area contributed by atoms with Gasteiger partial charge in [0.25, 0.3) is 0 Å². The van der Waals surface area contributed by atoms with Gasteiger partial charge in [-0.15, -0.1) is 0 Å². The molecule has 0 bridgehead atoms. The number of fused-ring (bicyclic) bond motifs is 1. The van der Waals surface area contributed by atoms with E-state index in [1.165, 1.54) is 0 Å². The first-order chi connectivity index (χ1) is 6.13. The number of nitrogens with two attached hydrogens (primary N) is 2. The Morgan fingerprint density at radius 2 is 1.31 bits per heavy atom. The summed E-state index contributed by atoms with van der Waals surface area (Å²) in [4.78, 5) is 0. The standard InChI is InChI=1S/C6H4F2N4S/c7-1-3(9)4(10)2(8)6-5(1)11-13-12-6/h9-10H2. The summed E-state index contributed by atoms with van der Waals surface area (Å²) in [5.74, 6) is -1.63. The molecular weight excluding hydrogens is 198 g/mol. The van der Waals surface area contributed by atoms with Crippen molar-refractivity contribution in [1.29, 1.82) is 0 Å². The molecule has 4 N–H and O–H groups in total. The lowest BCUT2D eigenvalue weighted by Gasteiger charge is -2.02. The summed E-state index contributed by atoms with van der Waals surface area (Å²) in [6, 6.07) is 0. The molecule has 13 heavy (non-hydrogen) atoms. The van der Waals surface area contributed by atoms with Crippen molar-refractivity contribution < 1.29 is 8.78 Å². The van der Waals surface area contributed by atoms with Crippen molar-refractivity contribution in [2.45, 2.75) is 0 Å². The fraction of sp³-hybridized carbons (Fsp3) is 0. The molecule has 1 aromatic heterocycles. The average molecular weight is 202 g/mol. The highest BCUT2D eigenvalue weighted by Crippen LogP contribution is 2.30. The van der Waals surface area contributed by atoms with Crippen LogP contribution in [-0.4, -0.2) is 8.75 Å². The van der Waals surface area contributed by atoms with Gasteiger partial charge in [-0.05, 0) is 0 Å². The second kappa shape index (κ2) is 2.49. The topological polar surface area (TPSA) is 77.8 Å². The highest BCUT2D eigenvalue weighted by Gasteiger charge is 2.18. The van der Waals surface area contributed by atoms with Gasteiger partial charge in [0, 0.05) is 0 Å². The fourth-order valence-electron chi connectivity index (χ4n) is 0.968. The lowest BCUT2D eigenvalue weighted by Crippen LogP contribution is -2.02. The molecule has 2 rings (SSSR count). The Bertz CT molecular complexity index is 439. The Balaban J connectivity index is 3.02. The number of nitrogen functional groups attached to an aromatic ring is 2. The maximum Gasteiger partial charge on any atom is 0.177 e. The van der Waals surface area contributed by atoms with Crippen molar-refractivity contribution in [3.8, 4) is 0 Å². The van der Waals surface area contributed by atoms with Crippen molar-refractivity contribution in [3.63, 3.8) is 0 Å². The third kappa shape index (κ3) is 0.934. The molecule has 7 heteroatoms. The van der Waals surface area contributed by atoms with Crippen molar-refractivity contribution in [3.05, 3.63) is 11.6 Å². The van der Waals surface area contributed by atoms with Crippen LogP contribution in [0.15, 0.2) is 0 Å². The molecule has 0 saturated carbocycles. The van der Waals surface area contributed by atoms with Crippen LogP contribution in [0.2, 0.25) is 0 Å². The first-order valence-corrected chi connectivity index (χ1v) is 4.00. The fourth-order valence-corrected chi connectivity index (χ4v) is 1.51. The minimum absolute atomic E-state index is 0.172. The molecule has 0 saturated heterocycles. The number of hydrogen-bond acceptors (Lipinski definition) is 5. The summed E-state index contributed by atoms with van der Waals surface area (Å²) >= 11 is 0.707. The highest BCUT2D eigenvalue weighted by atomic mass is 32.1. The minimum atomic E-state index is -0.817. The van der Waals surface area contributed by atoms with Crippen LogP contribution in [-0.2, 0) is 0 Å². The van der Waals surface area contributed by atoms with E-state index >= 15 is 0 Å². The maximum absolute atomic E-state index is 13.2. The Hall–Kier alpha value is -1.50. The maximum atomic E-state index is 13.2. The quantitative estimate of drug-likeness (QED) is 0.628. The molecule has 0 fully saturated rings. The van der Waals surface area contributed by atoms with E-state index in [0.29, 0.717) is 11.7 Å². The van der Waals surface area contributed by atoms with E-state index in [4.69, 9.17) is 11.5 Å². The number of halogens is 2. The van der Waals surface area contributed by atoms with Gasteiger partial charge >= 0.3 is 0 Å². The van der Waals surface area contributed by atoms with E-state index in [2.05, 4.69) is 8.75 Å². The molecule has 0 aliphatic heterocycles. The monoisotopic (exact) mass is 202 g/mol. The van der Waals surface area contributed by atoms with Crippen LogP contribution < -0.4 is 11.5 Å². The lowest BCUT2D eigenvalue weighted by atomic mass is 10.2. The van der Waals surface area contributed by atoms with Gasteiger partial charge in [-0.25, -0.2) is 8.78 Å². The van der Waals surface area contributed by atoms with Gasteiger partial charge < -0.3 is 11.5 Å². The Morgan fingerprint density at radius 1 is 0.923 bits per heavy atom. The lowest BCUT2D eigenvalue weighted by molar-refractivity contribution is 0.623. The number of benzene rings is 1. The number of aromatic nitrogens is 2. The largest absolute Gasteiger partial charge is 0.395 e. The molecule has 0 radical (unpaired) electrons. The van der Waals surface area contributed by atoms with E-state index in [1.54, 1.807) is 0 Å². The third-order valence-corrected chi connectivity index (χ3v) is 2.20. The molecule has 0 unspecified atom stereocenters. The number of anilines is 2. The second-order valence-electron chi connectivity index (χ2n) is 2.42. The summed E-state index contributed by atoms with van der Waals surface area (Å²) in [7, 11) is 0. The van der Waals surface area contributed by atoms with Crippen LogP contribution >= 0.6 is 11.7 Å². The van der Waals surface area contributed by atoms with Crippen LogP contribution in [0.5, 0.6) is 0 Å². The van der Waals surface area contributed by atoms with E-state index in [1.807, 2.05) is 0 Å². The van der Waals surface area contributed by atoms with Crippen molar-refractivity contribution in [2.24, 2.45) is 0 Å². The van der Waals surface area contributed by atoms with Gasteiger partial charge in [0.05, 0.1) is 23.1 Å². The van der Waals surface area contributed by atoms with Gasteiger partial charge in [-0.2, -0.15) is 8.75 Å². The SMILES string of the molecule is Nc1c(N)c(F)c2nsnc2c1F. The van der Waals surface area contributed by atoms with E-state index in [-0.39, 0.29) is 11.0 Å². The molecule has 0 aliphatic rings. The summed E-state index contributed by atoms with van der Waals surface area (Å²) in [6.07, 6.45) is 0. The molecule has 0 atom stereocenters. The van der Waals surface area contributed by atoms with Gasteiger partial charge in [-0.1, -0.05) is 0 Å². The Kier molecular flexibility index (Phi) is 1.56. The molecule has 1 aromatic carbocycles. The first kappa shape index (κ1) is 8.11. The summed E-state index contributed by atoms with van der Waals surface area (Å²) in [5.41, 5.74) is 9.23. The van der Waals surface area contributed by atoms with Gasteiger partial charge in [0.15, 0.2) is 11.6 Å². The summed E-state index contributed by atoms with van der Waals surface area (Å²) in [5, 5.41) is 0. The number of rotatable bonds is 0. The van der Waals surface area contributed by atoms with Crippen LogP contribution in [0.3, 0.4) is 0 Å². The van der Waals surface area contributed by atoms with Crippen LogP contribution in [0.25, 0.3) is 11.0 Å². The molecule has 0 spiro atoms. The van der Waals surface area contributed by atoms with Crippen molar-refractivity contribution >= 4 is 34.1 Å². The van der Waals surface area contributed by atoms with Gasteiger partial charge in [0.1, 0.15) is 11.0 Å². The van der Waals surface area contributed by atoms with E-state index in [9.17, 15) is 8.78 Å². The normalized spacial score (nSPS) is 10.9. The molecular formula is C6H4F2N4S. The Labute approximate surface area is 75.5 Å². The van der Waals surface area contributed by atoms with Crippen molar-refractivity contribution in [1.82, 2.24) is 8.75 Å². The highest BCUT2D eigenvalue weighted by molar-refractivity contribution is 7.00. The molecule has 1 heterocycles. The minimum Gasteiger partial charge on any atom is -0.395 e. The van der Waals surface area contributed by atoms with E-state index in [0.717, 1.165) is 0 Å². The average Bonchev–Trinajstić information content (AvgIpc) is 2.59. The first-order valence-electron chi connectivity index (χ1n) is 3.27. The molecule has 68 valence electrons. The number of nitrogens with zero attached hydrogens (tertiary/aromatic N) is 2. The van der Waals surface area contributed by atoms with Crippen LogP contribution in [0, 0.1) is 11.6 Å². The summed E-state index contributed by atoms with van der Waals surface area (Å²) < 4.78 is 33.5. The second-order valence-corrected chi connectivity index (χ2v) is 2.95. The Morgan fingerprint density at radius 3 is 1.69 bits per heavy atom. The molecule has 2 aromatic rings. The molecule has 0 aliphatic carbocycles. The molecule has 4 nitrogen and oxygen atoms in total. The predicted molar refractivity (Wildman–Crippen MR) is 46.2 cm³/mol. The van der Waals surface area contributed by atoms with E-state index < -0.39 is 23.0 Å². The van der Waals surface area contributed by atoms with Crippen molar-refractivity contribution in [2.75, 3.05) is 11.5 Å². The van der Waals surface area contributed by atoms with Crippen LogP contribution in [0.4, 0.5) is 20.2 Å². The third-order valence-electron chi connectivity index (χ3n) is 1.67. The zero-order valence-corrected chi connectivity index (χ0v) is 7.03.